The lowest BCUT2D eigenvalue weighted by Gasteiger charge is -2.12. The van der Waals surface area contributed by atoms with Crippen molar-refractivity contribution in [1.82, 2.24) is 4.98 Å². The number of rotatable bonds is 3. The Labute approximate surface area is 156 Å². The van der Waals surface area contributed by atoms with Crippen LogP contribution < -0.4 is 0 Å². The molecule has 0 bridgehead atoms. The van der Waals surface area contributed by atoms with E-state index < -0.39 is 0 Å². The third kappa shape index (κ3) is 3.64. The second-order valence-electron chi connectivity index (χ2n) is 6.14. The van der Waals surface area contributed by atoms with Gasteiger partial charge in [0.1, 0.15) is 0 Å². The Morgan fingerprint density at radius 1 is 0.720 bits per heavy atom. The summed E-state index contributed by atoms with van der Waals surface area (Å²) < 4.78 is 1.09. The maximum Gasteiger partial charge on any atom is 0.0715 e. The molecule has 122 valence electrons. The molecule has 3 aromatic rings. The van der Waals surface area contributed by atoms with E-state index in [1.807, 2.05) is 6.07 Å². The van der Waals surface area contributed by atoms with Gasteiger partial charge in [-0.05, 0) is 53.8 Å². The van der Waals surface area contributed by atoms with E-state index in [0.717, 1.165) is 34.3 Å². The number of pyridine rings is 1. The van der Waals surface area contributed by atoms with E-state index in [4.69, 9.17) is 4.98 Å². The molecule has 0 amide bonds. The monoisotopic (exact) mass is 387 g/mol. The predicted octanol–water partition coefficient (Wildman–Crippen LogP) is 6.91. The first kappa shape index (κ1) is 16.0. The quantitative estimate of drug-likeness (QED) is 0.475. The average molecular weight is 388 g/mol. The molecule has 0 unspecified atom stereocenters. The molecule has 0 fully saturated rings. The second kappa shape index (κ2) is 7.20. The Balaban J connectivity index is 1.87. The van der Waals surface area contributed by atoms with E-state index in [-0.39, 0.29) is 0 Å². The van der Waals surface area contributed by atoms with Crippen LogP contribution in [0.15, 0.2) is 89.4 Å². The standard InChI is InChI=1S/C23H18BrN/c24-21-13-11-17(12-14-21)20-15-22(18-7-3-1-4-8-18)25-23(16-20)19-9-5-2-6-10-19/h1,3-5,7-16H,2,6H2. The number of hydrogen-bond donors (Lipinski definition) is 0. The molecule has 2 heteroatoms. The van der Waals surface area contributed by atoms with Gasteiger partial charge >= 0.3 is 0 Å². The van der Waals surface area contributed by atoms with Crippen LogP contribution in [-0.4, -0.2) is 4.98 Å². The maximum atomic E-state index is 4.94. The number of benzene rings is 2. The summed E-state index contributed by atoms with van der Waals surface area (Å²) >= 11 is 3.52. The Morgan fingerprint density at radius 3 is 2.20 bits per heavy atom. The highest BCUT2D eigenvalue weighted by Gasteiger charge is 2.10. The lowest BCUT2D eigenvalue weighted by Crippen LogP contribution is -1.95. The molecule has 1 nitrogen and oxygen atoms in total. The van der Waals surface area contributed by atoms with E-state index in [1.165, 1.54) is 16.7 Å². The van der Waals surface area contributed by atoms with Crippen LogP contribution in [0.5, 0.6) is 0 Å². The number of nitrogens with zero attached hydrogens (tertiary/aromatic N) is 1. The summed E-state index contributed by atoms with van der Waals surface area (Å²) in [7, 11) is 0. The van der Waals surface area contributed by atoms with Crippen LogP contribution in [0.4, 0.5) is 0 Å². The minimum atomic E-state index is 1.01. The Morgan fingerprint density at radius 2 is 1.48 bits per heavy atom. The van der Waals surface area contributed by atoms with Crippen molar-refractivity contribution in [2.75, 3.05) is 0 Å². The zero-order valence-corrected chi connectivity index (χ0v) is 15.4. The van der Waals surface area contributed by atoms with Crippen LogP contribution in [-0.2, 0) is 0 Å². The summed E-state index contributed by atoms with van der Waals surface area (Å²) in [5.41, 5.74) is 6.79. The van der Waals surface area contributed by atoms with Gasteiger partial charge in [-0.3, -0.25) is 0 Å². The van der Waals surface area contributed by atoms with Crippen LogP contribution in [0.25, 0.3) is 28.0 Å². The van der Waals surface area contributed by atoms with Crippen LogP contribution in [0.3, 0.4) is 0 Å². The SMILES string of the molecule is Brc1ccc(-c2cc(C3=CCCC=C3)nc(-c3ccccc3)c2)cc1. The van der Waals surface area contributed by atoms with Gasteiger partial charge in [0.2, 0.25) is 0 Å². The fraction of sp³-hybridized carbons (Fsp3) is 0.0870. The van der Waals surface area contributed by atoms with Gasteiger partial charge in [0.05, 0.1) is 11.4 Å². The van der Waals surface area contributed by atoms with Gasteiger partial charge in [-0.25, -0.2) is 4.98 Å². The summed E-state index contributed by atoms with van der Waals surface area (Å²) in [6.07, 6.45) is 8.89. The third-order valence-corrected chi connectivity index (χ3v) is 4.89. The molecule has 1 aliphatic rings. The zero-order chi connectivity index (χ0) is 17.1. The molecule has 0 spiro atoms. The van der Waals surface area contributed by atoms with Crippen molar-refractivity contribution in [2.24, 2.45) is 0 Å². The predicted molar refractivity (Wildman–Crippen MR) is 109 cm³/mol. The van der Waals surface area contributed by atoms with Gasteiger partial charge in [-0.2, -0.15) is 0 Å². The first-order valence-electron chi connectivity index (χ1n) is 8.50. The fourth-order valence-corrected chi connectivity index (χ4v) is 3.31. The summed E-state index contributed by atoms with van der Waals surface area (Å²) in [6, 6.07) is 23.2. The van der Waals surface area contributed by atoms with Crippen molar-refractivity contribution in [2.45, 2.75) is 12.8 Å². The first-order valence-corrected chi connectivity index (χ1v) is 9.29. The Kier molecular flexibility index (Phi) is 4.62. The minimum absolute atomic E-state index is 1.01. The largest absolute Gasteiger partial charge is 0.248 e. The van der Waals surface area contributed by atoms with Crippen LogP contribution in [0, 0.1) is 0 Å². The summed E-state index contributed by atoms with van der Waals surface area (Å²) in [5, 5.41) is 0. The molecule has 0 saturated carbocycles. The summed E-state index contributed by atoms with van der Waals surface area (Å²) in [4.78, 5) is 4.94. The molecule has 25 heavy (non-hydrogen) atoms. The number of allylic oxidation sites excluding steroid dienone is 4. The minimum Gasteiger partial charge on any atom is -0.248 e. The smallest absolute Gasteiger partial charge is 0.0715 e. The maximum absolute atomic E-state index is 4.94. The lowest BCUT2D eigenvalue weighted by molar-refractivity contribution is 1.04. The van der Waals surface area contributed by atoms with Crippen molar-refractivity contribution in [1.29, 1.82) is 0 Å². The molecular weight excluding hydrogens is 370 g/mol. The topological polar surface area (TPSA) is 12.9 Å². The molecule has 0 atom stereocenters. The highest BCUT2D eigenvalue weighted by Crippen LogP contribution is 2.30. The van der Waals surface area contributed by atoms with Gasteiger partial charge in [-0.15, -0.1) is 0 Å². The Bertz CT molecular complexity index is 938. The molecule has 1 heterocycles. The highest BCUT2D eigenvalue weighted by molar-refractivity contribution is 9.10. The number of halogens is 1. The van der Waals surface area contributed by atoms with E-state index >= 15 is 0 Å². The number of hydrogen-bond acceptors (Lipinski definition) is 1. The Hall–Kier alpha value is -2.45. The van der Waals surface area contributed by atoms with E-state index in [0.29, 0.717) is 0 Å². The van der Waals surface area contributed by atoms with Gasteiger partial charge in [0.15, 0.2) is 0 Å². The molecule has 1 aliphatic carbocycles. The van der Waals surface area contributed by atoms with Crippen LogP contribution in [0.1, 0.15) is 18.5 Å². The number of aromatic nitrogens is 1. The lowest BCUT2D eigenvalue weighted by atomic mass is 9.98. The molecule has 0 N–H and O–H groups in total. The summed E-state index contributed by atoms with van der Waals surface area (Å²) in [5.74, 6) is 0. The van der Waals surface area contributed by atoms with Crippen LogP contribution >= 0.6 is 15.9 Å². The van der Waals surface area contributed by atoms with Crippen molar-refractivity contribution >= 4 is 21.5 Å². The van der Waals surface area contributed by atoms with Crippen LogP contribution in [0.2, 0.25) is 0 Å². The molecule has 2 aromatic carbocycles. The van der Waals surface area contributed by atoms with Crippen molar-refractivity contribution in [3.8, 4) is 22.4 Å². The second-order valence-corrected chi connectivity index (χ2v) is 7.05. The van der Waals surface area contributed by atoms with E-state index in [9.17, 15) is 0 Å². The third-order valence-electron chi connectivity index (χ3n) is 4.36. The van der Waals surface area contributed by atoms with E-state index in [2.05, 4.69) is 94.8 Å². The normalized spacial score (nSPS) is 13.6. The highest BCUT2D eigenvalue weighted by atomic mass is 79.9. The summed E-state index contributed by atoms with van der Waals surface area (Å²) in [6.45, 7) is 0. The molecular formula is C23H18BrN. The molecule has 0 saturated heterocycles. The first-order chi connectivity index (χ1) is 12.3. The molecule has 0 radical (unpaired) electrons. The zero-order valence-electron chi connectivity index (χ0n) is 13.8. The van der Waals surface area contributed by atoms with Gasteiger partial charge in [0, 0.05) is 10.0 Å². The van der Waals surface area contributed by atoms with Gasteiger partial charge < -0.3 is 0 Å². The van der Waals surface area contributed by atoms with Crippen molar-refractivity contribution in [3.63, 3.8) is 0 Å². The van der Waals surface area contributed by atoms with Gasteiger partial charge in [-0.1, -0.05) is 76.6 Å². The van der Waals surface area contributed by atoms with Gasteiger partial charge in [0.25, 0.3) is 0 Å². The van der Waals surface area contributed by atoms with E-state index in [1.54, 1.807) is 0 Å². The average Bonchev–Trinajstić information content (AvgIpc) is 2.69. The molecule has 0 aliphatic heterocycles. The fourth-order valence-electron chi connectivity index (χ4n) is 3.05. The van der Waals surface area contributed by atoms with Crippen molar-refractivity contribution < 1.29 is 0 Å². The van der Waals surface area contributed by atoms with Crippen molar-refractivity contribution in [3.05, 3.63) is 95.1 Å². The molecule has 4 rings (SSSR count). The molecule has 1 aromatic heterocycles.